The molecule has 0 fully saturated rings. The molecule has 0 spiro atoms. The Morgan fingerprint density at radius 1 is 0.821 bits per heavy atom. The Hall–Kier alpha value is -3.63. The number of aliphatic carboxylic acids is 1. The van der Waals surface area contributed by atoms with Crippen molar-refractivity contribution in [3.05, 3.63) is 113 Å². The van der Waals surface area contributed by atoms with Crippen molar-refractivity contribution in [3.63, 3.8) is 0 Å². The predicted octanol–water partition coefficient (Wildman–Crippen LogP) is 4.75. The van der Waals surface area contributed by atoms with E-state index in [2.05, 4.69) is 4.98 Å². The van der Waals surface area contributed by atoms with Crippen molar-refractivity contribution in [2.24, 2.45) is 5.73 Å². The quantitative estimate of drug-likeness (QED) is 0.445. The molecule has 1 aromatic heterocycles. The molecule has 3 aromatic carbocycles. The average molecular weight is 368 g/mol. The van der Waals surface area contributed by atoms with Gasteiger partial charge in [0, 0.05) is 16.8 Å². The lowest BCUT2D eigenvalue weighted by Gasteiger charge is -2.18. The van der Waals surface area contributed by atoms with Crippen molar-refractivity contribution in [1.82, 2.24) is 4.98 Å². The molecule has 1 atom stereocenters. The van der Waals surface area contributed by atoms with Gasteiger partial charge in [0.1, 0.15) is 0 Å². The third-order valence-electron chi connectivity index (χ3n) is 4.82. The molecule has 4 heteroatoms. The molecule has 4 aromatic rings. The minimum atomic E-state index is -1.03. The van der Waals surface area contributed by atoms with Crippen LogP contribution in [0.3, 0.4) is 0 Å². The van der Waals surface area contributed by atoms with Gasteiger partial charge in [-0.1, -0.05) is 78.9 Å². The number of aromatic nitrogens is 1. The van der Waals surface area contributed by atoms with Gasteiger partial charge < -0.3 is 15.8 Å². The van der Waals surface area contributed by atoms with Crippen LogP contribution in [0.25, 0.3) is 16.5 Å². The number of rotatable bonds is 5. The summed E-state index contributed by atoms with van der Waals surface area (Å²) >= 11 is 0. The van der Waals surface area contributed by atoms with Crippen molar-refractivity contribution >= 4 is 22.4 Å². The third kappa shape index (κ3) is 3.33. The van der Waals surface area contributed by atoms with E-state index < -0.39 is 12.0 Å². The molecule has 1 heterocycles. The van der Waals surface area contributed by atoms with Crippen LogP contribution in [0.5, 0.6) is 0 Å². The second-order valence-corrected chi connectivity index (χ2v) is 6.62. The Morgan fingerprint density at radius 2 is 1.36 bits per heavy atom. The molecule has 0 aliphatic carbocycles. The van der Waals surface area contributed by atoms with Crippen LogP contribution in [0.2, 0.25) is 0 Å². The Balaban J connectivity index is 1.95. The first kappa shape index (κ1) is 17.8. The number of aromatic amines is 1. The van der Waals surface area contributed by atoms with E-state index in [9.17, 15) is 9.90 Å². The van der Waals surface area contributed by atoms with E-state index in [1.54, 1.807) is 0 Å². The van der Waals surface area contributed by atoms with Crippen LogP contribution in [0, 0.1) is 0 Å². The first-order valence-electron chi connectivity index (χ1n) is 9.06. The van der Waals surface area contributed by atoms with Gasteiger partial charge in [-0.15, -0.1) is 0 Å². The normalized spacial score (nSPS) is 11.9. The molecule has 0 saturated carbocycles. The highest BCUT2D eigenvalue weighted by atomic mass is 16.4. The maximum atomic E-state index is 12.4. The highest BCUT2D eigenvalue weighted by Crippen LogP contribution is 2.33. The molecule has 0 aliphatic rings. The lowest BCUT2D eigenvalue weighted by atomic mass is 9.89. The second kappa shape index (κ2) is 7.55. The average Bonchev–Trinajstić information content (AvgIpc) is 3.17. The highest BCUT2D eigenvalue weighted by Gasteiger charge is 2.26. The summed E-state index contributed by atoms with van der Waals surface area (Å²) in [6.45, 7) is 0. The van der Waals surface area contributed by atoms with Crippen LogP contribution >= 0.6 is 0 Å². The molecular formula is C24H20N2O2. The zero-order valence-electron chi connectivity index (χ0n) is 15.2. The van der Waals surface area contributed by atoms with Gasteiger partial charge in [0.15, 0.2) is 0 Å². The number of H-pyrrole nitrogens is 1. The first-order chi connectivity index (χ1) is 13.6. The third-order valence-corrected chi connectivity index (χ3v) is 4.82. The molecule has 0 amide bonds. The van der Waals surface area contributed by atoms with Crippen molar-refractivity contribution in [3.8, 4) is 0 Å². The van der Waals surface area contributed by atoms with Crippen molar-refractivity contribution < 1.29 is 9.90 Å². The number of carbonyl (C=O) groups is 1. The van der Waals surface area contributed by atoms with Gasteiger partial charge in [-0.3, -0.25) is 0 Å². The fourth-order valence-corrected chi connectivity index (χ4v) is 3.50. The number of benzene rings is 3. The van der Waals surface area contributed by atoms with Crippen LogP contribution in [0.1, 0.15) is 22.9 Å². The summed E-state index contributed by atoms with van der Waals surface area (Å²) in [5.74, 6) is -1.03. The Bertz CT molecular complexity index is 1070. The summed E-state index contributed by atoms with van der Waals surface area (Å²) in [6.07, 6.45) is 0. The van der Waals surface area contributed by atoms with E-state index in [4.69, 9.17) is 5.73 Å². The molecule has 1 unspecified atom stereocenters. The van der Waals surface area contributed by atoms with Gasteiger partial charge in [-0.2, -0.15) is 0 Å². The maximum Gasteiger partial charge on any atom is 0.334 e. The molecule has 4 nitrogen and oxygen atoms in total. The van der Waals surface area contributed by atoms with Gasteiger partial charge in [0.05, 0.1) is 11.6 Å². The van der Waals surface area contributed by atoms with E-state index in [-0.39, 0.29) is 5.57 Å². The SMILES string of the molecule is NC(C(C(=O)O)=C(c1ccccc1)c1ccccc1)c1cc2ccccc2[nH]1. The molecule has 138 valence electrons. The smallest absolute Gasteiger partial charge is 0.334 e. The number of nitrogens with two attached hydrogens (primary N) is 1. The van der Waals surface area contributed by atoms with E-state index in [0.29, 0.717) is 11.3 Å². The van der Waals surface area contributed by atoms with Crippen molar-refractivity contribution in [1.29, 1.82) is 0 Å². The monoisotopic (exact) mass is 368 g/mol. The van der Waals surface area contributed by atoms with Crippen molar-refractivity contribution in [2.75, 3.05) is 0 Å². The van der Waals surface area contributed by atoms with Crippen LogP contribution in [-0.2, 0) is 4.79 Å². The molecule has 4 rings (SSSR count). The summed E-state index contributed by atoms with van der Waals surface area (Å²) in [7, 11) is 0. The predicted molar refractivity (Wildman–Crippen MR) is 112 cm³/mol. The number of carboxylic acids is 1. The van der Waals surface area contributed by atoms with Crippen LogP contribution < -0.4 is 5.73 Å². The number of para-hydroxylation sites is 1. The molecule has 0 saturated heterocycles. The number of nitrogens with one attached hydrogen (secondary N) is 1. The van der Waals surface area contributed by atoms with Gasteiger partial charge in [-0.05, 0) is 28.6 Å². The summed E-state index contributed by atoms with van der Waals surface area (Å²) in [5.41, 5.74) is 10.5. The molecule has 0 bridgehead atoms. The van der Waals surface area contributed by atoms with Crippen LogP contribution in [0.15, 0.2) is 96.6 Å². The number of hydrogen-bond donors (Lipinski definition) is 3. The summed E-state index contributed by atoms with van der Waals surface area (Å²) < 4.78 is 0. The largest absolute Gasteiger partial charge is 0.478 e. The highest BCUT2D eigenvalue weighted by molar-refractivity contribution is 6.02. The zero-order chi connectivity index (χ0) is 19.5. The first-order valence-corrected chi connectivity index (χ1v) is 9.06. The lowest BCUT2D eigenvalue weighted by molar-refractivity contribution is -0.132. The van der Waals surface area contributed by atoms with Gasteiger partial charge in [-0.25, -0.2) is 4.79 Å². The Labute approximate surface area is 163 Å². The summed E-state index contributed by atoms with van der Waals surface area (Å²) in [6, 6.07) is 27.9. The zero-order valence-corrected chi connectivity index (χ0v) is 15.2. The number of hydrogen-bond acceptors (Lipinski definition) is 2. The fraction of sp³-hybridized carbons (Fsp3) is 0.0417. The minimum Gasteiger partial charge on any atom is -0.478 e. The molecular weight excluding hydrogens is 348 g/mol. The number of fused-ring (bicyclic) bond motifs is 1. The standard InChI is InChI=1S/C24H20N2O2/c25-23(20-15-18-13-7-8-14-19(18)26-20)22(24(27)28)21(16-9-3-1-4-10-16)17-11-5-2-6-12-17/h1-15,23,26H,25H2,(H,27,28). The van der Waals surface area contributed by atoms with Crippen LogP contribution in [0.4, 0.5) is 0 Å². The second-order valence-electron chi connectivity index (χ2n) is 6.62. The van der Waals surface area contributed by atoms with E-state index >= 15 is 0 Å². The van der Waals surface area contributed by atoms with Crippen LogP contribution in [-0.4, -0.2) is 16.1 Å². The Kier molecular flexibility index (Phi) is 4.79. The molecule has 0 aliphatic heterocycles. The van der Waals surface area contributed by atoms with Crippen molar-refractivity contribution in [2.45, 2.75) is 6.04 Å². The molecule has 4 N–H and O–H groups in total. The van der Waals surface area contributed by atoms with E-state index in [0.717, 1.165) is 22.0 Å². The number of carboxylic acid groups (broad SMARTS) is 1. The fourth-order valence-electron chi connectivity index (χ4n) is 3.50. The topological polar surface area (TPSA) is 79.1 Å². The lowest BCUT2D eigenvalue weighted by Crippen LogP contribution is -2.21. The summed E-state index contributed by atoms with van der Waals surface area (Å²) in [4.78, 5) is 15.6. The van der Waals surface area contributed by atoms with Gasteiger partial charge >= 0.3 is 5.97 Å². The maximum absolute atomic E-state index is 12.4. The van der Waals surface area contributed by atoms with E-state index in [1.807, 2.05) is 91.0 Å². The van der Waals surface area contributed by atoms with E-state index in [1.165, 1.54) is 0 Å². The van der Waals surface area contributed by atoms with Gasteiger partial charge in [0.25, 0.3) is 0 Å². The molecule has 0 radical (unpaired) electrons. The molecule has 28 heavy (non-hydrogen) atoms. The van der Waals surface area contributed by atoms with Gasteiger partial charge in [0.2, 0.25) is 0 Å². The minimum absolute atomic E-state index is 0.156. The summed E-state index contributed by atoms with van der Waals surface area (Å²) in [5, 5.41) is 11.1. The Morgan fingerprint density at radius 3 is 1.89 bits per heavy atom.